The molecule has 1 fully saturated rings. The van der Waals surface area contributed by atoms with Gasteiger partial charge in [0.1, 0.15) is 0 Å². The van der Waals surface area contributed by atoms with Crippen LogP contribution in [0, 0.1) is 17.3 Å². The molecule has 17 heteroatoms. The summed E-state index contributed by atoms with van der Waals surface area (Å²) in [6, 6.07) is 0. The van der Waals surface area contributed by atoms with E-state index in [0.717, 1.165) is 6.92 Å². The zero-order chi connectivity index (χ0) is 28.8. The SMILES string of the molecule is CCC(C)(C(=O)OCOC1CC(C(C)(O)C(F)(F)F)CC(C(O)(C(F)(F)F)C(F)(F)F)C1)C(F)(F)F. The maximum absolute atomic E-state index is 13.3. The Morgan fingerprint density at radius 1 is 0.750 bits per heavy atom. The number of hydrogen-bond acceptors (Lipinski definition) is 5. The fourth-order valence-electron chi connectivity index (χ4n) is 3.86. The third-order valence-corrected chi connectivity index (χ3v) is 6.76. The first kappa shape index (κ1) is 32.5. The molecule has 0 bridgehead atoms. The lowest BCUT2D eigenvalue weighted by Gasteiger charge is -2.47. The van der Waals surface area contributed by atoms with E-state index < -0.39 is 97.7 Å². The van der Waals surface area contributed by atoms with Gasteiger partial charge in [-0.05, 0) is 45.4 Å². The summed E-state index contributed by atoms with van der Waals surface area (Å²) < 4.78 is 168. The molecule has 2 N–H and O–H groups in total. The number of hydrogen-bond donors (Lipinski definition) is 2. The Balaban J connectivity index is 3.28. The van der Waals surface area contributed by atoms with Crippen molar-refractivity contribution in [2.45, 2.75) is 88.5 Å². The number of alkyl halides is 12. The van der Waals surface area contributed by atoms with Gasteiger partial charge in [-0.25, -0.2) is 0 Å². The second kappa shape index (κ2) is 10.0. The highest BCUT2D eigenvalue weighted by molar-refractivity contribution is 5.77. The summed E-state index contributed by atoms with van der Waals surface area (Å²) in [6.45, 7) is 0.0716. The minimum Gasteiger partial charge on any atom is -0.438 e. The standard InChI is InChI=1S/C19H24F12O5/c1-4-13(2,16(20,21)22)12(32)36-8-35-11-6-9(14(3,33)17(23,24)25)5-10(7-11)15(34,18(26,27)28)19(29,30)31/h9-11,33-34H,4-8H2,1-3H3. The molecule has 0 saturated heterocycles. The molecule has 0 aromatic heterocycles. The molecule has 0 aromatic rings. The Morgan fingerprint density at radius 3 is 1.56 bits per heavy atom. The number of carbonyl (C=O) groups excluding carboxylic acids is 1. The van der Waals surface area contributed by atoms with Crippen LogP contribution in [0.1, 0.15) is 46.5 Å². The number of halogens is 12. The van der Waals surface area contributed by atoms with Gasteiger partial charge in [-0.15, -0.1) is 0 Å². The Bertz CT molecular complexity index is 757. The smallest absolute Gasteiger partial charge is 0.426 e. The largest absolute Gasteiger partial charge is 0.438 e. The second-order valence-electron chi connectivity index (χ2n) is 9.03. The van der Waals surface area contributed by atoms with Crippen molar-refractivity contribution < 1.29 is 77.2 Å². The van der Waals surface area contributed by atoms with Crippen LogP contribution in [0.2, 0.25) is 0 Å². The predicted molar refractivity (Wildman–Crippen MR) is 94.9 cm³/mol. The number of esters is 1. The van der Waals surface area contributed by atoms with E-state index in [2.05, 4.69) is 4.74 Å². The van der Waals surface area contributed by atoms with E-state index in [-0.39, 0.29) is 6.92 Å². The molecule has 5 atom stereocenters. The molecule has 5 unspecified atom stereocenters. The maximum Gasteiger partial charge on any atom is 0.426 e. The third-order valence-electron chi connectivity index (χ3n) is 6.76. The molecule has 0 heterocycles. The van der Waals surface area contributed by atoms with Crippen LogP contribution in [-0.2, 0) is 14.3 Å². The molecule has 0 spiro atoms. The van der Waals surface area contributed by atoms with Gasteiger partial charge in [0.2, 0.25) is 0 Å². The highest BCUT2D eigenvalue weighted by atomic mass is 19.4. The van der Waals surface area contributed by atoms with E-state index in [1.165, 1.54) is 0 Å². The van der Waals surface area contributed by atoms with Crippen LogP contribution in [0.3, 0.4) is 0 Å². The van der Waals surface area contributed by atoms with Crippen LogP contribution in [0.25, 0.3) is 0 Å². The van der Waals surface area contributed by atoms with Gasteiger partial charge in [0.15, 0.2) is 17.8 Å². The van der Waals surface area contributed by atoms with Gasteiger partial charge in [-0.1, -0.05) is 6.92 Å². The first-order valence-electron chi connectivity index (χ1n) is 10.3. The van der Waals surface area contributed by atoms with Crippen LogP contribution in [-0.4, -0.2) is 65.0 Å². The Labute approximate surface area is 196 Å². The minimum absolute atomic E-state index is 0.105. The first-order chi connectivity index (χ1) is 15.8. The second-order valence-corrected chi connectivity index (χ2v) is 9.03. The van der Waals surface area contributed by atoms with Crippen molar-refractivity contribution in [1.82, 2.24) is 0 Å². The monoisotopic (exact) mass is 560 g/mol. The van der Waals surface area contributed by atoms with Crippen LogP contribution in [0.5, 0.6) is 0 Å². The molecule has 1 saturated carbocycles. The zero-order valence-electron chi connectivity index (χ0n) is 18.9. The summed E-state index contributed by atoms with van der Waals surface area (Å²) in [5, 5.41) is 19.6. The first-order valence-corrected chi connectivity index (χ1v) is 10.3. The van der Waals surface area contributed by atoms with Crippen molar-refractivity contribution in [2.24, 2.45) is 17.3 Å². The molecule has 0 radical (unpaired) electrons. The average molecular weight is 560 g/mol. The highest BCUT2D eigenvalue weighted by Gasteiger charge is 2.75. The Morgan fingerprint density at radius 2 is 1.19 bits per heavy atom. The highest BCUT2D eigenvalue weighted by Crippen LogP contribution is 2.55. The molecule has 5 nitrogen and oxygen atoms in total. The topological polar surface area (TPSA) is 76.0 Å². The molecule has 1 aliphatic carbocycles. The average Bonchev–Trinajstić information content (AvgIpc) is 2.68. The number of aliphatic hydroxyl groups is 2. The maximum atomic E-state index is 13.3. The number of ether oxygens (including phenoxy) is 2. The molecule has 1 aliphatic rings. The van der Waals surface area contributed by atoms with Crippen LogP contribution in [0.4, 0.5) is 52.7 Å². The number of carbonyl (C=O) groups is 1. The van der Waals surface area contributed by atoms with Gasteiger partial charge in [0.25, 0.3) is 5.60 Å². The fourth-order valence-corrected chi connectivity index (χ4v) is 3.86. The molecular formula is C19H24F12O5. The van der Waals surface area contributed by atoms with E-state index in [0.29, 0.717) is 6.92 Å². The van der Waals surface area contributed by atoms with E-state index in [1.807, 2.05) is 0 Å². The van der Waals surface area contributed by atoms with Crippen molar-refractivity contribution in [3.05, 3.63) is 0 Å². The zero-order valence-corrected chi connectivity index (χ0v) is 18.9. The quantitative estimate of drug-likeness (QED) is 0.247. The Kier molecular flexibility index (Phi) is 9.04. The molecule has 0 amide bonds. The normalized spacial score (nSPS) is 26.2. The summed E-state index contributed by atoms with van der Waals surface area (Å²) >= 11 is 0. The van der Waals surface area contributed by atoms with Crippen LogP contribution < -0.4 is 0 Å². The van der Waals surface area contributed by atoms with Gasteiger partial charge in [-0.2, -0.15) is 52.7 Å². The van der Waals surface area contributed by atoms with Gasteiger partial charge in [0, 0.05) is 5.92 Å². The Hall–Kier alpha value is -1.49. The summed E-state index contributed by atoms with van der Waals surface area (Å²) in [4.78, 5) is 11.9. The summed E-state index contributed by atoms with van der Waals surface area (Å²) in [6.07, 6.45) is -30.3. The van der Waals surface area contributed by atoms with Crippen molar-refractivity contribution in [3.63, 3.8) is 0 Å². The van der Waals surface area contributed by atoms with Gasteiger partial charge < -0.3 is 19.7 Å². The molecule has 36 heavy (non-hydrogen) atoms. The lowest BCUT2D eigenvalue weighted by Crippen LogP contribution is -2.64. The molecule has 0 aromatic carbocycles. The van der Waals surface area contributed by atoms with Crippen LogP contribution in [0.15, 0.2) is 0 Å². The van der Waals surface area contributed by atoms with E-state index in [1.54, 1.807) is 0 Å². The lowest BCUT2D eigenvalue weighted by molar-refractivity contribution is -0.392. The van der Waals surface area contributed by atoms with Crippen molar-refractivity contribution in [3.8, 4) is 0 Å². The summed E-state index contributed by atoms with van der Waals surface area (Å²) in [7, 11) is 0. The summed E-state index contributed by atoms with van der Waals surface area (Å²) in [5.74, 6) is -7.29. The predicted octanol–water partition coefficient (Wildman–Crippen LogP) is 5.44. The van der Waals surface area contributed by atoms with Gasteiger partial charge in [0.05, 0.1) is 6.10 Å². The summed E-state index contributed by atoms with van der Waals surface area (Å²) in [5.41, 5.74) is -12.4. The number of rotatable bonds is 7. The molecule has 214 valence electrons. The van der Waals surface area contributed by atoms with Crippen molar-refractivity contribution >= 4 is 5.97 Å². The van der Waals surface area contributed by atoms with Crippen LogP contribution >= 0.6 is 0 Å². The van der Waals surface area contributed by atoms with Crippen molar-refractivity contribution in [1.29, 1.82) is 0 Å². The molecule has 1 rings (SSSR count). The third kappa shape index (κ3) is 5.97. The van der Waals surface area contributed by atoms with E-state index in [4.69, 9.17) is 4.74 Å². The fraction of sp³-hybridized carbons (Fsp3) is 0.947. The van der Waals surface area contributed by atoms with Gasteiger partial charge >= 0.3 is 30.7 Å². The molecular weight excluding hydrogens is 536 g/mol. The molecule has 0 aliphatic heterocycles. The lowest BCUT2D eigenvalue weighted by atomic mass is 9.66. The van der Waals surface area contributed by atoms with Gasteiger partial charge in [-0.3, -0.25) is 4.79 Å². The van der Waals surface area contributed by atoms with E-state index in [9.17, 15) is 67.7 Å². The van der Waals surface area contributed by atoms with Crippen molar-refractivity contribution in [2.75, 3.05) is 6.79 Å². The van der Waals surface area contributed by atoms with E-state index >= 15 is 0 Å². The minimum atomic E-state index is -6.41.